The van der Waals surface area contributed by atoms with Crippen LogP contribution in [0.5, 0.6) is 0 Å². The molecule has 2 N–H and O–H groups in total. The van der Waals surface area contributed by atoms with Crippen molar-refractivity contribution in [3.8, 4) is 0 Å². The molecule has 2 unspecified atom stereocenters. The van der Waals surface area contributed by atoms with Crippen LogP contribution >= 0.6 is 0 Å². The molecule has 4 heteroatoms. The molecule has 0 aromatic heterocycles. The summed E-state index contributed by atoms with van der Waals surface area (Å²) in [6, 6.07) is 0.144. The summed E-state index contributed by atoms with van der Waals surface area (Å²) < 4.78 is 6.05. The van der Waals surface area contributed by atoms with E-state index in [1.165, 1.54) is 12.8 Å². The second kappa shape index (κ2) is 6.71. The molecular weight excluding hydrogens is 240 g/mol. The molecule has 2 atom stereocenters. The average Bonchev–Trinajstić information content (AvgIpc) is 2.39. The molecule has 0 aromatic carbocycles. The third kappa shape index (κ3) is 3.93. The van der Waals surface area contributed by atoms with Crippen molar-refractivity contribution < 1.29 is 9.53 Å². The predicted octanol–water partition coefficient (Wildman–Crippen LogP) is 1.92. The van der Waals surface area contributed by atoms with Gasteiger partial charge in [0.15, 0.2) is 0 Å². The van der Waals surface area contributed by atoms with Gasteiger partial charge in [0.25, 0.3) is 0 Å². The maximum Gasteiger partial charge on any atom is 0.219 e. The number of hydrogen-bond acceptors (Lipinski definition) is 3. The second-order valence-electron chi connectivity index (χ2n) is 6.30. The lowest BCUT2D eigenvalue weighted by Gasteiger charge is -2.40. The lowest BCUT2D eigenvalue weighted by atomic mass is 9.89. The number of rotatable bonds is 3. The molecule has 4 nitrogen and oxygen atoms in total. The van der Waals surface area contributed by atoms with Crippen LogP contribution in [0.15, 0.2) is 0 Å². The van der Waals surface area contributed by atoms with E-state index in [0.717, 1.165) is 38.1 Å². The molecule has 19 heavy (non-hydrogen) atoms. The third-order valence-electron chi connectivity index (χ3n) is 4.70. The van der Waals surface area contributed by atoms with Gasteiger partial charge in [0.2, 0.25) is 5.91 Å². The lowest BCUT2D eigenvalue weighted by molar-refractivity contribution is -0.135. The zero-order valence-corrected chi connectivity index (χ0v) is 12.3. The summed E-state index contributed by atoms with van der Waals surface area (Å²) in [6.45, 7) is 5.39. The van der Waals surface area contributed by atoms with E-state index in [1.807, 2.05) is 4.90 Å². The molecule has 1 amide bonds. The highest BCUT2D eigenvalue weighted by Gasteiger charge is 2.31. The minimum Gasteiger partial charge on any atom is -0.376 e. The van der Waals surface area contributed by atoms with Gasteiger partial charge < -0.3 is 15.4 Å². The van der Waals surface area contributed by atoms with Gasteiger partial charge in [-0.15, -0.1) is 0 Å². The van der Waals surface area contributed by atoms with Crippen molar-refractivity contribution in [2.24, 2.45) is 11.7 Å². The van der Waals surface area contributed by atoms with Crippen LogP contribution in [0.25, 0.3) is 0 Å². The van der Waals surface area contributed by atoms with E-state index in [9.17, 15) is 4.79 Å². The summed E-state index contributed by atoms with van der Waals surface area (Å²) in [6.07, 6.45) is 7.22. The standard InChI is InChI=1S/C15H28N2O2/c1-11-5-7-13(8-6-11)19-10-15-14(16)4-3-9-17(15)12(2)18/h11,13-15H,3-10,16H2,1-2H3. The first-order chi connectivity index (χ1) is 9.08. The molecule has 2 fully saturated rings. The highest BCUT2D eigenvalue weighted by atomic mass is 16.5. The van der Waals surface area contributed by atoms with Gasteiger partial charge in [0.05, 0.1) is 18.8 Å². The Morgan fingerprint density at radius 1 is 1.26 bits per heavy atom. The van der Waals surface area contributed by atoms with Gasteiger partial charge >= 0.3 is 0 Å². The van der Waals surface area contributed by atoms with Crippen LogP contribution in [0, 0.1) is 5.92 Å². The highest BCUT2D eigenvalue weighted by molar-refractivity contribution is 5.73. The van der Waals surface area contributed by atoms with E-state index in [2.05, 4.69) is 6.92 Å². The maximum absolute atomic E-state index is 11.7. The van der Waals surface area contributed by atoms with Crippen LogP contribution in [-0.4, -0.2) is 42.1 Å². The molecular formula is C15H28N2O2. The van der Waals surface area contributed by atoms with Crippen LogP contribution in [0.3, 0.4) is 0 Å². The summed E-state index contributed by atoms with van der Waals surface area (Å²) in [7, 11) is 0. The van der Waals surface area contributed by atoms with Crippen LogP contribution < -0.4 is 5.73 Å². The third-order valence-corrected chi connectivity index (χ3v) is 4.70. The van der Waals surface area contributed by atoms with Gasteiger partial charge in [-0.25, -0.2) is 0 Å². The number of carbonyl (C=O) groups is 1. The molecule has 2 aliphatic rings. The largest absolute Gasteiger partial charge is 0.376 e. The van der Waals surface area contributed by atoms with Crippen LogP contribution in [-0.2, 0) is 9.53 Å². The zero-order valence-electron chi connectivity index (χ0n) is 12.3. The predicted molar refractivity (Wildman–Crippen MR) is 75.8 cm³/mol. The Morgan fingerprint density at radius 3 is 2.58 bits per heavy atom. The summed E-state index contributed by atoms with van der Waals surface area (Å²) >= 11 is 0. The van der Waals surface area contributed by atoms with Crippen LogP contribution in [0.4, 0.5) is 0 Å². The van der Waals surface area contributed by atoms with Gasteiger partial charge in [-0.05, 0) is 44.4 Å². The van der Waals surface area contributed by atoms with Crippen molar-refractivity contribution in [2.45, 2.75) is 70.6 Å². The highest BCUT2D eigenvalue weighted by Crippen LogP contribution is 2.26. The monoisotopic (exact) mass is 268 g/mol. The number of likely N-dealkylation sites (tertiary alicyclic amines) is 1. The maximum atomic E-state index is 11.7. The second-order valence-corrected chi connectivity index (χ2v) is 6.30. The summed E-state index contributed by atoms with van der Waals surface area (Å²) in [5.41, 5.74) is 6.17. The molecule has 1 saturated heterocycles. The van der Waals surface area contributed by atoms with E-state index in [1.54, 1.807) is 6.92 Å². The fourth-order valence-electron chi connectivity index (χ4n) is 3.32. The van der Waals surface area contributed by atoms with E-state index in [-0.39, 0.29) is 18.0 Å². The molecule has 0 spiro atoms. The SMILES string of the molecule is CC(=O)N1CCCC(N)C1COC1CCC(C)CC1. The van der Waals surface area contributed by atoms with E-state index in [4.69, 9.17) is 10.5 Å². The van der Waals surface area contributed by atoms with Crippen molar-refractivity contribution in [1.29, 1.82) is 0 Å². The molecule has 110 valence electrons. The minimum absolute atomic E-state index is 0.0696. The molecule has 0 radical (unpaired) electrons. The Balaban J connectivity index is 1.83. The number of amides is 1. The number of nitrogens with zero attached hydrogens (tertiary/aromatic N) is 1. The summed E-state index contributed by atoms with van der Waals surface area (Å²) in [4.78, 5) is 13.6. The molecule has 0 aromatic rings. The fraction of sp³-hybridized carbons (Fsp3) is 0.933. The molecule has 0 bridgehead atoms. The van der Waals surface area contributed by atoms with Crippen molar-refractivity contribution >= 4 is 5.91 Å². The summed E-state index contributed by atoms with van der Waals surface area (Å²) in [5, 5.41) is 0. The van der Waals surface area contributed by atoms with Gasteiger partial charge in [-0.3, -0.25) is 4.79 Å². The molecule has 2 rings (SSSR count). The number of piperidine rings is 1. The van der Waals surface area contributed by atoms with Gasteiger partial charge in [-0.2, -0.15) is 0 Å². The van der Waals surface area contributed by atoms with Crippen LogP contribution in [0.2, 0.25) is 0 Å². The Morgan fingerprint density at radius 2 is 1.95 bits per heavy atom. The minimum atomic E-state index is 0.0696. The topological polar surface area (TPSA) is 55.6 Å². The number of nitrogens with two attached hydrogens (primary N) is 1. The Hall–Kier alpha value is -0.610. The quantitative estimate of drug-likeness (QED) is 0.851. The van der Waals surface area contributed by atoms with E-state index in [0.29, 0.717) is 12.7 Å². The fourth-order valence-corrected chi connectivity index (χ4v) is 3.32. The molecule has 1 aliphatic carbocycles. The molecule has 1 aliphatic heterocycles. The van der Waals surface area contributed by atoms with Gasteiger partial charge in [0.1, 0.15) is 0 Å². The van der Waals surface area contributed by atoms with Crippen molar-refractivity contribution in [1.82, 2.24) is 4.90 Å². The van der Waals surface area contributed by atoms with Crippen molar-refractivity contribution in [2.75, 3.05) is 13.2 Å². The van der Waals surface area contributed by atoms with Crippen molar-refractivity contribution in [3.63, 3.8) is 0 Å². The zero-order chi connectivity index (χ0) is 13.8. The Labute approximate surface area is 116 Å². The first kappa shape index (κ1) is 14.8. The van der Waals surface area contributed by atoms with Gasteiger partial charge in [-0.1, -0.05) is 6.92 Å². The van der Waals surface area contributed by atoms with E-state index >= 15 is 0 Å². The van der Waals surface area contributed by atoms with Crippen molar-refractivity contribution in [3.05, 3.63) is 0 Å². The molecule has 1 heterocycles. The van der Waals surface area contributed by atoms with Gasteiger partial charge in [0, 0.05) is 19.5 Å². The first-order valence-electron chi connectivity index (χ1n) is 7.72. The molecule has 1 saturated carbocycles. The normalized spacial score (nSPS) is 36.3. The Bertz CT molecular complexity index is 301. The van der Waals surface area contributed by atoms with E-state index < -0.39 is 0 Å². The summed E-state index contributed by atoms with van der Waals surface area (Å²) in [5.74, 6) is 0.964. The lowest BCUT2D eigenvalue weighted by Crippen LogP contribution is -2.56. The first-order valence-corrected chi connectivity index (χ1v) is 7.72. The number of carbonyl (C=O) groups excluding carboxylic acids is 1. The average molecular weight is 268 g/mol. The number of ether oxygens (including phenoxy) is 1. The van der Waals surface area contributed by atoms with Crippen LogP contribution in [0.1, 0.15) is 52.4 Å². The number of hydrogen-bond donors (Lipinski definition) is 1. The smallest absolute Gasteiger partial charge is 0.219 e. The Kier molecular flexibility index (Phi) is 5.22.